The van der Waals surface area contributed by atoms with E-state index in [1.165, 1.54) is 5.56 Å². The number of benzene rings is 1. The average Bonchev–Trinajstić information content (AvgIpc) is 2.83. The Kier molecular flexibility index (Phi) is 2.67. The highest BCUT2D eigenvalue weighted by Crippen LogP contribution is 2.64. The van der Waals surface area contributed by atoms with E-state index in [9.17, 15) is 0 Å². The van der Waals surface area contributed by atoms with Gasteiger partial charge in [-0.15, -0.1) is 0 Å². The van der Waals surface area contributed by atoms with Crippen LogP contribution in [0.4, 0.5) is 0 Å². The molecule has 1 aromatic carbocycles. The van der Waals surface area contributed by atoms with E-state index in [1.54, 1.807) is 7.11 Å². The van der Waals surface area contributed by atoms with Crippen LogP contribution in [0.1, 0.15) is 25.8 Å². The van der Waals surface area contributed by atoms with Crippen LogP contribution in [0.5, 0.6) is 5.75 Å². The summed E-state index contributed by atoms with van der Waals surface area (Å²) in [6, 6.07) is 5.97. The van der Waals surface area contributed by atoms with Crippen molar-refractivity contribution < 1.29 is 4.74 Å². The fraction of sp³-hybridized carbons (Fsp3) is 0.538. The number of methoxy groups -OCH3 is 1. The van der Waals surface area contributed by atoms with E-state index in [0.717, 1.165) is 12.2 Å². The van der Waals surface area contributed by atoms with Gasteiger partial charge in [0.05, 0.1) is 12.1 Å². The molecular formula is C13H18ClNO. The summed E-state index contributed by atoms with van der Waals surface area (Å²) >= 11 is 6.02. The van der Waals surface area contributed by atoms with E-state index in [-0.39, 0.29) is 10.8 Å². The van der Waals surface area contributed by atoms with Crippen LogP contribution in [0.25, 0.3) is 0 Å². The zero-order valence-electron chi connectivity index (χ0n) is 10.0. The van der Waals surface area contributed by atoms with Crippen LogP contribution < -0.4 is 10.5 Å². The lowest BCUT2D eigenvalue weighted by molar-refractivity contribution is 0.412. The first-order chi connectivity index (χ1) is 7.47. The highest BCUT2D eigenvalue weighted by atomic mass is 35.5. The molecule has 2 rings (SSSR count). The lowest BCUT2D eigenvalue weighted by atomic mass is 9.88. The molecule has 0 amide bonds. The van der Waals surface area contributed by atoms with Crippen molar-refractivity contribution in [3.63, 3.8) is 0 Å². The first-order valence-electron chi connectivity index (χ1n) is 5.51. The smallest absolute Gasteiger partial charge is 0.137 e. The Labute approximate surface area is 102 Å². The summed E-state index contributed by atoms with van der Waals surface area (Å²) in [5, 5.41) is 0.650. The molecule has 1 atom stereocenters. The van der Waals surface area contributed by atoms with Crippen molar-refractivity contribution in [1.29, 1.82) is 0 Å². The Morgan fingerprint density at radius 1 is 1.44 bits per heavy atom. The standard InChI is InChI=1S/C13H18ClNO/c1-12(2)7-13(12,8-15)9-4-5-10(14)11(6-9)16-3/h4-6H,7-8,15H2,1-3H3. The second-order valence-electron chi connectivity index (χ2n) is 5.20. The minimum Gasteiger partial charge on any atom is -0.495 e. The fourth-order valence-corrected chi connectivity index (χ4v) is 2.82. The van der Waals surface area contributed by atoms with Gasteiger partial charge >= 0.3 is 0 Å². The molecule has 3 heteroatoms. The summed E-state index contributed by atoms with van der Waals surface area (Å²) in [7, 11) is 1.64. The summed E-state index contributed by atoms with van der Waals surface area (Å²) in [4.78, 5) is 0. The van der Waals surface area contributed by atoms with Crippen molar-refractivity contribution in [2.24, 2.45) is 11.1 Å². The quantitative estimate of drug-likeness (QED) is 0.880. The first kappa shape index (κ1) is 11.7. The molecule has 1 fully saturated rings. The van der Waals surface area contributed by atoms with Crippen LogP contribution in [0, 0.1) is 5.41 Å². The van der Waals surface area contributed by atoms with Gasteiger partial charge in [0.2, 0.25) is 0 Å². The SMILES string of the molecule is COc1cc(C2(CN)CC2(C)C)ccc1Cl. The minimum atomic E-state index is 0.102. The Morgan fingerprint density at radius 3 is 2.50 bits per heavy atom. The summed E-state index contributed by atoms with van der Waals surface area (Å²) < 4.78 is 5.25. The van der Waals surface area contributed by atoms with E-state index in [1.807, 2.05) is 12.1 Å². The third-order valence-electron chi connectivity index (χ3n) is 3.97. The largest absolute Gasteiger partial charge is 0.495 e. The molecule has 1 aliphatic rings. The summed E-state index contributed by atoms with van der Waals surface area (Å²) in [5.41, 5.74) is 7.55. The normalized spacial score (nSPS) is 26.6. The molecule has 0 spiro atoms. The Hall–Kier alpha value is -0.730. The maximum absolute atomic E-state index is 6.02. The third kappa shape index (κ3) is 1.52. The molecule has 0 saturated heterocycles. The zero-order chi connectivity index (χ0) is 12.0. The highest BCUT2D eigenvalue weighted by Gasteiger charge is 2.60. The highest BCUT2D eigenvalue weighted by molar-refractivity contribution is 6.32. The van der Waals surface area contributed by atoms with E-state index < -0.39 is 0 Å². The third-order valence-corrected chi connectivity index (χ3v) is 4.28. The molecule has 1 aliphatic carbocycles. The van der Waals surface area contributed by atoms with Crippen LogP contribution in [0.2, 0.25) is 5.02 Å². The molecule has 0 radical (unpaired) electrons. The van der Waals surface area contributed by atoms with Crippen molar-refractivity contribution in [1.82, 2.24) is 0 Å². The number of hydrogen-bond acceptors (Lipinski definition) is 2. The maximum Gasteiger partial charge on any atom is 0.137 e. The molecule has 0 aromatic heterocycles. The molecule has 0 aliphatic heterocycles. The zero-order valence-corrected chi connectivity index (χ0v) is 10.8. The van der Waals surface area contributed by atoms with Crippen LogP contribution in [-0.4, -0.2) is 13.7 Å². The van der Waals surface area contributed by atoms with Gasteiger partial charge in [-0.3, -0.25) is 0 Å². The molecule has 88 valence electrons. The predicted molar refractivity (Wildman–Crippen MR) is 67.1 cm³/mol. The molecule has 0 heterocycles. The van der Waals surface area contributed by atoms with E-state index in [0.29, 0.717) is 11.6 Å². The van der Waals surface area contributed by atoms with Gasteiger partial charge in [0, 0.05) is 12.0 Å². The van der Waals surface area contributed by atoms with Gasteiger partial charge in [-0.05, 0) is 29.5 Å². The van der Waals surface area contributed by atoms with Gasteiger partial charge in [-0.25, -0.2) is 0 Å². The molecule has 1 unspecified atom stereocenters. The monoisotopic (exact) mass is 239 g/mol. The average molecular weight is 240 g/mol. The van der Waals surface area contributed by atoms with Gasteiger partial charge in [-0.1, -0.05) is 31.5 Å². The summed E-state index contributed by atoms with van der Waals surface area (Å²) in [5.74, 6) is 0.731. The molecule has 1 aromatic rings. The van der Waals surface area contributed by atoms with Gasteiger partial charge in [-0.2, -0.15) is 0 Å². The van der Waals surface area contributed by atoms with Crippen molar-refractivity contribution in [3.8, 4) is 5.75 Å². The number of halogens is 1. The number of rotatable bonds is 3. The second-order valence-corrected chi connectivity index (χ2v) is 5.60. The summed E-state index contributed by atoms with van der Waals surface area (Å²) in [6.45, 7) is 5.17. The topological polar surface area (TPSA) is 35.2 Å². The molecule has 2 nitrogen and oxygen atoms in total. The Bertz CT molecular complexity index is 416. The van der Waals surface area contributed by atoms with Gasteiger partial charge in [0.15, 0.2) is 0 Å². The molecule has 1 saturated carbocycles. The Morgan fingerprint density at radius 2 is 2.06 bits per heavy atom. The number of ether oxygens (including phenoxy) is 1. The Balaban J connectivity index is 2.42. The number of nitrogens with two attached hydrogens (primary N) is 1. The van der Waals surface area contributed by atoms with Crippen molar-refractivity contribution in [2.45, 2.75) is 25.7 Å². The van der Waals surface area contributed by atoms with Crippen LogP contribution in [0.15, 0.2) is 18.2 Å². The van der Waals surface area contributed by atoms with Gasteiger partial charge < -0.3 is 10.5 Å². The van der Waals surface area contributed by atoms with Crippen molar-refractivity contribution in [3.05, 3.63) is 28.8 Å². The molecule has 16 heavy (non-hydrogen) atoms. The van der Waals surface area contributed by atoms with Crippen LogP contribution in [-0.2, 0) is 5.41 Å². The minimum absolute atomic E-state index is 0.102. The van der Waals surface area contributed by atoms with E-state index in [4.69, 9.17) is 22.1 Å². The second kappa shape index (κ2) is 3.64. The van der Waals surface area contributed by atoms with Crippen LogP contribution in [0.3, 0.4) is 0 Å². The first-order valence-corrected chi connectivity index (χ1v) is 5.89. The van der Waals surface area contributed by atoms with Crippen molar-refractivity contribution >= 4 is 11.6 Å². The molecule has 2 N–H and O–H groups in total. The van der Waals surface area contributed by atoms with E-state index in [2.05, 4.69) is 19.9 Å². The van der Waals surface area contributed by atoms with Crippen LogP contribution >= 0.6 is 11.6 Å². The maximum atomic E-state index is 6.02. The lowest BCUT2D eigenvalue weighted by Gasteiger charge is -2.20. The summed E-state index contributed by atoms with van der Waals surface area (Å²) in [6.07, 6.45) is 1.13. The van der Waals surface area contributed by atoms with Gasteiger partial charge in [0.1, 0.15) is 5.75 Å². The van der Waals surface area contributed by atoms with E-state index >= 15 is 0 Å². The number of hydrogen-bond donors (Lipinski definition) is 1. The molecule has 0 bridgehead atoms. The predicted octanol–water partition coefficient (Wildman–Crippen LogP) is 2.98. The molecular weight excluding hydrogens is 222 g/mol. The van der Waals surface area contributed by atoms with Gasteiger partial charge in [0.25, 0.3) is 0 Å². The fourth-order valence-electron chi connectivity index (χ4n) is 2.63. The van der Waals surface area contributed by atoms with Crippen molar-refractivity contribution in [2.75, 3.05) is 13.7 Å². The lowest BCUT2D eigenvalue weighted by Crippen LogP contribution is -2.25.